The molecule has 6 heteroatoms. The summed E-state index contributed by atoms with van der Waals surface area (Å²) < 4.78 is 5.85. The molecule has 21 heavy (non-hydrogen) atoms. The Kier molecular flexibility index (Phi) is 4.45. The Hall–Kier alpha value is -2.11. The summed E-state index contributed by atoms with van der Waals surface area (Å²) in [5.74, 6) is -0.216. The maximum atomic E-state index is 11.1. The van der Waals surface area contributed by atoms with E-state index in [1.165, 1.54) is 6.07 Å². The summed E-state index contributed by atoms with van der Waals surface area (Å²) in [6.45, 7) is 3.78. The van der Waals surface area contributed by atoms with E-state index in [0.29, 0.717) is 17.2 Å². The number of rotatable bonds is 4. The Morgan fingerprint density at radius 1 is 1.33 bits per heavy atom. The number of benzene rings is 1. The molecule has 1 fully saturated rings. The van der Waals surface area contributed by atoms with Crippen molar-refractivity contribution in [2.24, 2.45) is 5.92 Å². The summed E-state index contributed by atoms with van der Waals surface area (Å²) >= 11 is 0. The van der Waals surface area contributed by atoms with Crippen molar-refractivity contribution in [3.05, 3.63) is 33.4 Å². The number of ether oxygens (including phenoxy) is 1. The van der Waals surface area contributed by atoms with E-state index in [2.05, 4.69) is 6.92 Å². The van der Waals surface area contributed by atoms with Gasteiger partial charge in [-0.1, -0.05) is 6.92 Å². The van der Waals surface area contributed by atoms with E-state index in [0.717, 1.165) is 31.7 Å². The van der Waals surface area contributed by atoms with Gasteiger partial charge in [0.05, 0.1) is 22.2 Å². The van der Waals surface area contributed by atoms with Crippen LogP contribution >= 0.6 is 0 Å². The van der Waals surface area contributed by atoms with Crippen LogP contribution in [0, 0.1) is 23.0 Å². The van der Waals surface area contributed by atoms with Crippen molar-refractivity contribution in [3.63, 3.8) is 0 Å². The van der Waals surface area contributed by atoms with Crippen LogP contribution in [0.25, 0.3) is 0 Å². The van der Waals surface area contributed by atoms with Crippen LogP contribution in [0.2, 0.25) is 0 Å². The number of hydrogen-bond donors (Lipinski definition) is 1. The van der Waals surface area contributed by atoms with Gasteiger partial charge in [0.1, 0.15) is 5.75 Å². The highest BCUT2D eigenvalue weighted by Crippen LogP contribution is 2.33. The quantitative estimate of drug-likeness (QED) is 0.677. The molecule has 0 bridgehead atoms. The predicted molar refractivity (Wildman–Crippen MR) is 76.8 cm³/mol. The van der Waals surface area contributed by atoms with E-state index in [1.54, 1.807) is 6.92 Å². The second kappa shape index (κ2) is 6.11. The highest BCUT2D eigenvalue weighted by atomic mass is 16.6. The van der Waals surface area contributed by atoms with Crippen molar-refractivity contribution in [2.45, 2.75) is 45.6 Å². The lowest BCUT2D eigenvalue weighted by Gasteiger charge is -2.27. The van der Waals surface area contributed by atoms with E-state index in [-0.39, 0.29) is 17.4 Å². The molecule has 0 atom stereocenters. The number of aromatic carboxylic acids is 1. The topological polar surface area (TPSA) is 89.7 Å². The number of nitro benzene ring substituents is 1. The van der Waals surface area contributed by atoms with Crippen LogP contribution in [-0.2, 0) is 0 Å². The Bertz CT molecular complexity index is 561. The van der Waals surface area contributed by atoms with Crippen molar-refractivity contribution >= 4 is 11.7 Å². The number of carboxylic acid groups (broad SMARTS) is 1. The van der Waals surface area contributed by atoms with Crippen molar-refractivity contribution in [1.82, 2.24) is 0 Å². The number of nitro groups is 1. The summed E-state index contributed by atoms with van der Waals surface area (Å²) in [5, 5.41) is 20.1. The van der Waals surface area contributed by atoms with Gasteiger partial charge in [-0.15, -0.1) is 0 Å². The molecule has 1 saturated carbocycles. The van der Waals surface area contributed by atoms with Gasteiger partial charge in [0.2, 0.25) is 0 Å². The lowest BCUT2D eigenvalue weighted by molar-refractivity contribution is -0.385. The molecule has 0 unspecified atom stereocenters. The Morgan fingerprint density at radius 3 is 2.48 bits per heavy atom. The van der Waals surface area contributed by atoms with Gasteiger partial charge in [-0.25, -0.2) is 4.79 Å². The first-order valence-corrected chi connectivity index (χ1v) is 7.07. The first kappa shape index (κ1) is 15.3. The number of carboxylic acids is 1. The minimum absolute atomic E-state index is 0.00329. The zero-order chi connectivity index (χ0) is 15.6. The molecule has 0 amide bonds. The SMILES string of the molecule is Cc1c(OC2CCC(C)CC2)cc(C(=O)O)cc1[N+](=O)[O-]. The van der Waals surface area contributed by atoms with Gasteiger partial charge in [0, 0.05) is 6.07 Å². The monoisotopic (exact) mass is 293 g/mol. The number of carbonyl (C=O) groups is 1. The molecule has 0 aromatic heterocycles. The van der Waals surface area contributed by atoms with E-state index < -0.39 is 10.9 Å². The lowest BCUT2D eigenvalue weighted by atomic mass is 9.89. The lowest BCUT2D eigenvalue weighted by Crippen LogP contribution is -2.23. The summed E-state index contributed by atoms with van der Waals surface area (Å²) in [4.78, 5) is 21.6. The number of nitrogens with zero attached hydrogens (tertiary/aromatic N) is 1. The minimum Gasteiger partial charge on any atom is -0.490 e. The average Bonchev–Trinajstić information content (AvgIpc) is 2.42. The highest BCUT2D eigenvalue weighted by molar-refractivity contribution is 5.89. The molecule has 1 aliphatic rings. The molecular weight excluding hydrogens is 274 g/mol. The predicted octanol–water partition coefficient (Wildman–Crippen LogP) is 3.56. The molecule has 1 aromatic carbocycles. The summed E-state index contributed by atoms with van der Waals surface area (Å²) in [5.41, 5.74) is 0.0455. The zero-order valence-electron chi connectivity index (χ0n) is 12.2. The van der Waals surface area contributed by atoms with E-state index in [9.17, 15) is 14.9 Å². The largest absolute Gasteiger partial charge is 0.490 e. The molecule has 1 N–H and O–H groups in total. The Morgan fingerprint density at radius 2 is 1.95 bits per heavy atom. The first-order chi connectivity index (χ1) is 9.88. The molecule has 2 rings (SSSR count). The maximum absolute atomic E-state index is 11.1. The summed E-state index contributed by atoms with van der Waals surface area (Å²) in [6, 6.07) is 2.45. The van der Waals surface area contributed by atoms with Crippen LogP contribution in [0.1, 0.15) is 48.5 Å². The fourth-order valence-electron chi connectivity index (χ4n) is 2.64. The Labute approximate surface area is 122 Å². The fourth-order valence-corrected chi connectivity index (χ4v) is 2.64. The van der Waals surface area contributed by atoms with Gasteiger partial charge in [-0.3, -0.25) is 10.1 Å². The van der Waals surface area contributed by atoms with Crippen LogP contribution in [-0.4, -0.2) is 22.1 Å². The van der Waals surface area contributed by atoms with Gasteiger partial charge in [-0.2, -0.15) is 0 Å². The van der Waals surface area contributed by atoms with Gasteiger partial charge >= 0.3 is 5.97 Å². The molecule has 0 heterocycles. The van der Waals surface area contributed by atoms with E-state index in [1.807, 2.05) is 0 Å². The van der Waals surface area contributed by atoms with Crippen molar-refractivity contribution < 1.29 is 19.6 Å². The minimum atomic E-state index is -1.19. The summed E-state index contributed by atoms with van der Waals surface area (Å²) in [7, 11) is 0. The standard InChI is InChI=1S/C15H19NO5/c1-9-3-5-12(6-4-9)21-14-8-11(15(17)18)7-13(10(14)2)16(19)20/h7-9,12H,3-6H2,1-2H3,(H,17,18). The van der Waals surface area contributed by atoms with E-state index >= 15 is 0 Å². The zero-order valence-corrected chi connectivity index (χ0v) is 12.2. The van der Waals surface area contributed by atoms with Crippen LogP contribution in [0.15, 0.2) is 12.1 Å². The van der Waals surface area contributed by atoms with Crippen LogP contribution in [0.4, 0.5) is 5.69 Å². The molecular formula is C15H19NO5. The molecule has 114 valence electrons. The molecule has 0 saturated heterocycles. The smallest absolute Gasteiger partial charge is 0.336 e. The van der Waals surface area contributed by atoms with E-state index in [4.69, 9.17) is 9.84 Å². The molecule has 6 nitrogen and oxygen atoms in total. The molecule has 1 aromatic rings. The maximum Gasteiger partial charge on any atom is 0.336 e. The van der Waals surface area contributed by atoms with Gasteiger partial charge < -0.3 is 9.84 Å². The van der Waals surface area contributed by atoms with Crippen molar-refractivity contribution in [1.29, 1.82) is 0 Å². The fraction of sp³-hybridized carbons (Fsp3) is 0.533. The van der Waals surface area contributed by atoms with Gasteiger partial charge in [0.15, 0.2) is 0 Å². The van der Waals surface area contributed by atoms with Crippen molar-refractivity contribution in [3.8, 4) is 5.75 Å². The average molecular weight is 293 g/mol. The highest BCUT2D eigenvalue weighted by Gasteiger charge is 2.24. The first-order valence-electron chi connectivity index (χ1n) is 7.07. The molecule has 0 spiro atoms. The van der Waals surface area contributed by atoms with Crippen molar-refractivity contribution in [2.75, 3.05) is 0 Å². The van der Waals surface area contributed by atoms with Gasteiger partial charge in [0.25, 0.3) is 5.69 Å². The second-order valence-corrected chi connectivity index (χ2v) is 5.68. The van der Waals surface area contributed by atoms with Crippen LogP contribution in [0.3, 0.4) is 0 Å². The molecule has 0 radical (unpaired) electrons. The van der Waals surface area contributed by atoms with Gasteiger partial charge in [-0.05, 0) is 44.6 Å². The third-order valence-corrected chi connectivity index (χ3v) is 4.03. The third kappa shape index (κ3) is 3.51. The normalized spacial score (nSPS) is 21.8. The third-order valence-electron chi connectivity index (χ3n) is 4.03. The Balaban J connectivity index is 2.29. The molecule has 0 aliphatic heterocycles. The second-order valence-electron chi connectivity index (χ2n) is 5.68. The molecule has 1 aliphatic carbocycles. The number of hydrogen-bond acceptors (Lipinski definition) is 4. The summed E-state index contributed by atoms with van der Waals surface area (Å²) in [6.07, 6.45) is 3.91. The van der Waals surface area contributed by atoms with Crippen LogP contribution in [0.5, 0.6) is 5.75 Å². The van der Waals surface area contributed by atoms with Crippen LogP contribution < -0.4 is 4.74 Å².